The average molecular weight is 273 g/mol. The SMILES string of the molecule is OC1(CNc2nnnn2-c2ccccc2)CCCCC1. The van der Waals surface area contributed by atoms with Crippen molar-refractivity contribution >= 4 is 5.95 Å². The first kappa shape index (κ1) is 13.1. The van der Waals surface area contributed by atoms with E-state index in [0.29, 0.717) is 12.5 Å². The number of nitrogens with one attached hydrogen (secondary N) is 1. The molecule has 0 aliphatic heterocycles. The van der Waals surface area contributed by atoms with E-state index in [2.05, 4.69) is 20.8 Å². The molecule has 106 valence electrons. The van der Waals surface area contributed by atoms with Gasteiger partial charge in [-0.1, -0.05) is 42.6 Å². The standard InChI is InChI=1S/C14H19N5O/c20-14(9-5-2-6-10-14)11-15-13-16-17-18-19(13)12-7-3-1-4-8-12/h1,3-4,7-8,20H,2,5-6,9-11H2,(H,15,16,18). The first-order valence-corrected chi connectivity index (χ1v) is 7.07. The van der Waals surface area contributed by atoms with Gasteiger partial charge in [0.05, 0.1) is 11.3 Å². The van der Waals surface area contributed by atoms with Crippen molar-refractivity contribution in [3.63, 3.8) is 0 Å². The fourth-order valence-electron chi connectivity index (χ4n) is 2.67. The molecule has 0 radical (unpaired) electrons. The smallest absolute Gasteiger partial charge is 0.247 e. The third-order valence-electron chi connectivity index (χ3n) is 3.83. The first-order valence-electron chi connectivity index (χ1n) is 7.07. The van der Waals surface area contributed by atoms with Crippen LogP contribution in [0.3, 0.4) is 0 Å². The van der Waals surface area contributed by atoms with Crippen LogP contribution in [0, 0.1) is 0 Å². The van der Waals surface area contributed by atoms with Gasteiger partial charge in [0.25, 0.3) is 0 Å². The van der Waals surface area contributed by atoms with Crippen LogP contribution < -0.4 is 5.32 Å². The van der Waals surface area contributed by atoms with E-state index >= 15 is 0 Å². The molecule has 1 aromatic heterocycles. The van der Waals surface area contributed by atoms with E-state index in [0.717, 1.165) is 31.4 Å². The van der Waals surface area contributed by atoms with Gasteiger partial charge >= 0.3 is 0 Å². The minimum atomic E-state index is -0.633. The molecule has 3 rings (SSSR count). The minimum absolute atomic E-state index is 0.486. The highest BCUT2D eigenvalue weighted by Crippen LogP contribution is 2.28. The summed E-state index contributed by atoms with van der Waals surface area (Å²) in [6.07, 6.45) is 5.06. The maximum Gasteiger partial charge on any atom is 0.247 e. The molecule has 0 spiro atoms. The van der Waals surface area contributed by atoms with Gasteiger partial charge in [0.1, 0.15) is 0 Å². The minimum Gasteiger partial charge on any atom is -0.388 e. The number of aromatic nitrogens is 4. The van der Waals surface area contributed by atoms with Crippen LogP contribution in [0.25, 0.3) is 5.69 Å². The molecule has 1 heterocycles. The number of rotatable bonds is 4. The number of para-hydroxylation sites is 1. The molecular weight excluding hydrogens is 254 g/mol. The molecule has 2 N–H and O–H groups in total. The van der Waals surface area contributed by atoms with Gasteiger partial charge in [-0.25, -0.2) is 0 Å². The van der Waals surface area contributed by atoms with Crippen molar-refractivity contribution in [2.24, 2.45) is 0 Å². The highest BCUT2D eigenvalue weighted by atomic mass is 16.3. The van der Waals surface area contributed by atoms with Gasteiger partial charge in [0.2, 0.25) is 5.95 Å². The van der Waals surface area contributed by atoms with Crippen LogP contribution in [-0.2, 0) is 0 Å². The molecule has 0 amide bonds. The summed E-state index contributed by atoms with van der Waals surface area (Å²) >= 11 is 0. The van der Waals surface area contributed by atoms with Gasteiger partial charge in [-0.05, 0) is 35.4 Å². The van der Waals surface area contributed by atoms with Crippen LogP contribution in [0.2, 0.25) is 0 Å². The highest BCUT2D eigenvalue weighted by Gasteiger charge is 2.29. The van der Waals surface area contributed by atoms with Gasteiger partial charge in [-0.3, -0.25) is 0 Å². The number of aliphatic hydroxyl groups is 1. The summed E-state index contributed by atoms with van der Waals surface area (Å²) in [4.78, 5) is 0. The predicted octanol–water partition coefficient (Wildman–Crippen LogP) is 1.77. The summed E-state index contributed by atoms with van der Waals surface area (Å²) in [5.74, 6) is 0.565. The Morgan fingerprint density at radius 2 is 1.90 bits per heavy atom. The molecular formula is C14H19N5O. The molecule has 1 aliphatic rings. The topological polar surface area (TPSA) is 75.9 Å². The van der Waals surface area contributed by atoms with E-state index in [1.165, 1.54) is 6.42 Å². The van der Waals surface area contributed by atoms with Gasteiger partial charge in [0.15, 0.2) is 0 Å². The maximum absolute atomic E-state index is 10.5. The molecule has 2 aromatic rings. The zero-order chi connectivity index (χ0) is 13.8. The van der Waals surface area contributed by atoms with Gasteiger partial charge in [0, 0.05) is 6.54 Å². The molecule has 0 saturated heterocycles. The molecule has 1 aliphatic carbocycles. The van der Waals surface area contributed by atoms with Crippen molar-refractivity contribution in [3.8, 4) is 5.69 Å². The molecule has 0 atom stereocenters. The van der Waals surface area contributed by atoms with Crippen molar-refractivity contribution in [1.29, 1.82) is 0 Å². The number of hydrogen-bond acceptors (Lipinski definition) is 5. The molecule has 6 heteroatoms. The fourth-order valence-corrected chi connectivity index (χ4v) is 2.67. The number of nitrogens with zero attached hydrogens (tertiary/aromatic N) is 4. The third-order valence-corrected chi connectivity index (χ3v) is 3.83. The lowest BCUT2D eigenvalue weighted by atomic mass is 9.85. The van der Waals surface area contributed by atoms with Crippen LogP contribution in [0.5, 0.6) is 0 Å². The second-order valence-corrected chi connectivity index (χ2v) is 5.39. The summed E-state index contributed by atoms with van der Waals surface area (Å²) in [6.45, 7) is 0.486. The Kier molecular flexibility index (Phi) is 3.64. The van der Waals surface area contributed by atoms with E-state index < -0.39 is 5.60 Å². The largest absolute Gasteiger partial charge is 0.388 e. The molecule has 0 unspecified atom stereocenters. The second-order valence-electron chi connectivity index (χ2n) is 5.39. The van der Waals surface area contributed by atoms with Crippen LogP contribution in [-0.4, -0.2) is 37.5 Å². The summed E-state index contributed by atoms with van der Waals surface area (Å²) in [7, 11) is 0. The lowest BCUT2D eigenvalue weighted by molar-refractivity contribution is 0.0165. The van der Waals surface area contributed by atoms with Gasteiger partial charge in [-0.2, -0.15) is 4.68 Å². The molecule has 6 nitrogen and oxygen atoms in total. The summed E-state index contributed by atoms with van der Waals surface area (Å²) in [6, 6.07) is 9.71. The zero-order valence-electron chi connectivity index (χ0n) is 11.4. The lowest BCUT2D eigenvalue weighted by Crippen LogP contribution is -2.39. The van der Waals surface area contributed by atoms with Gasteiger partial charge in [-0.15, -0.1) is 0 Å². The Morgan fingerprint density at radius 1 is 1.15 bits per heavy atom. The Labute approximate surface area is 117 Å². The Hall–Kier alpha value is -1.95. The Bertz CT molecular complexity index is 548. The monoisotopic (exact) mass is 273 g/mol. The third kappa shape index (κ3) is 2.80. The molecule has 1 fully saturated rings. The van der Waals surface area contributed by atoms with Crippen LogP contribution in [0.1, 0.15) is 32.1 Å². The molecule has 0 bridgehead atoms. The number of anilines is 1. The molecule has 1 aromatic carbocycles. The zero-order valence-corrected chi connectivity index (χ0v) is 11.4. The maximum atomic E-state index is 10.5. The van der Waals surface area contributed by atoms with E-state index in [4.69, 9.17) is 0 Å². The summed E-state index contributed by atoms with van der Waals surface area (Å²) in [5.41, 5.74) is 0.266. The Balaban J connectivity index is 1.71. The normalized spacial score (nSPS) is 17.9. The second kappa shape index (κ2) is 5.58. The predicted molar refractivity (Wildman–Crippen MR) is 75.7 cm³/mol. The number of tetrazole rings is 1. The number of benzene rings is 1. The van der Waals surface area contributed by atoms with Crippen molar-refractivity contribution < 1.29 is 5.11 Å². The van der Waals surface area contributed by atoms with Crippen molar-refractivity contribution in [3.05, 3.63) is 30.3 Å². The van der Waals surface area contributed by atoms with Crippen LogP contribution in [0.15, 0.2) is 30.3 Å². The van der Waals surface area contributed by atoms with E-state index in [1.807, 2.05) is 30.3 Å². The van der Waals surface area contributed by atoms with E-state index in [-0.39, 0.29) is 0 Å². The van der Waals surface area contributed by atoms with Crippen molar-refractivity contribution in [1.82, 2.24) is 20.2 Å². The molecule has 20 heavy (non-hydrogen) atoms. The van der Waals surface area contributed by atoms with E-state index in [9.17, 15) is 5.11 Å². The first-order chi connectivity index (χ1) is 9.77. The Morgan fingerprint density at radius 3 is 2.65 bits per heavy atom. The van der Waals surface area contributed by atoms with Crippen LogP contribution >= 0.6 is 0 Å². The van der Waals surface area contributed by atoms with Crippen molar-refractivity contribution in [2.75, 3.05) is 11.9 Å². The number of hydrogen-bond donors (Lipinski definition) is 2. The average Bonchev–Trinajstić information content (AvgIpc) is 2.95. The lowest BCUT2D eigenvalue weighted by Gasteiger charge is -2.32. The highest BCUT2D eigenvalue weighted by molar-refractivity contribution is 5.38. The van der Waals surface area contributed by atoms with Crippen LogP contribution in [0.4, 0.5) is 5.95 Å². The summed E-state index contributed by atoms with van der Waals surface area (Å²) < 4.78 is 1.65. The van der Waals surface area contributed by atoms with Crippen molar-refractivity contribution in [2.45, 2.75) is 37.7 Å². The van der Waals surface area contributed by atoms with Gasteiger partial charge < -0.3 is 10.4 Å². The summed E-state index contributed by atoms with van der Waals surface area (Å²) in [5, 5.41) is 25.3. The fraction of sp³-hybridized carbons (Fsp3) is 0.500. The quantitative estimate of drug-likeness (QED) is 0.888. The van der Waals surface area contributed by atoms with E-state index in [1.54, 1.807) is 4.68 Å². The molecule has 1 saturated carbocycles.